The van der Waals surface area contributed by atoms with Gasteiger partial charge in [-0.25, -0.2) is 0 Å². The zero-order valence-electron chi connectivity index (χ0n) is 3.94. The van der Waals surface area contributed by atoms with Crippen molar-refractivity contribution >= 4 is 5.78 Å². The molecule has 0 aromatic heterocycles. The highest BCUT2D eigenvalue weighted by molar-refractivity contribution is 5.83. The molecule has 7 heavy (non-hydrogen) atoms. The second-order valence-corrected chi connectivity index (χ2v) is 1.54. The molecule has 0 unspecified atom stereocenters. The molecule has 0 radical (unpaired) electrons. The highest BCUT2D eigenvalue weighted by atomic mass is 16.5. The largest absolute Gasteiger partial charge is 0.490 e. The van der Waals surface area contributed by atoms with Crippen molar-refractivity contribution in [1.82, 2.24) is 0 Å². The summed E-state index contributed by atoms with van der Waals surface area (Å²) in [7, 11) is 0. The highest BCUT2D eigenvalue weighted by Gasteiger charge is 2.13. The van der Waals surface area contributed by atoms with E-state index in [2.05, 4.69) is 6.58 Å². The fraction of sp³-hybridized carbons (Fsp3) is 0.400. The minimum atomic E-state index is 0.130. The Bertz CT molecular complexity index is 101. The molecule has 1 rings (SSSR count). The maximum absolute atomic E-state index is 10.3. The molecule has 0 aromatic carbocycles. The number of allylic oxidation sites excluding steroid dienone is 1. The van der Waals surface area contributed by atoms with Crippen LogP contribution in [0.15, 0.2) is 12.3 Å². The zero-order chi connectivity index (χ0) is 5.28. The summed E-state index contributed by atoms with van der Waals surface area (Å²) in [5, 5.41) is 0. The van der Waals surface area contributed by atoms with Gasteiger partial charge in [0.15, 0.2) is 5.78 Å². The van der Waals surface area contributed by atoms with Crippen LogP contribution >= 0.6 is 0 Å². The molecule has 1 fully saturated rings. The lowest BCUT2D eigenvalue weighted by Crippen LogP contribution is -1.91. The second-order valence-electron chi connectivity index (χ2n) is 1.54. The second kappa shape index (κ2) is 1.37. The predicted molar refractivity (Wildman–Crippen MR) is 24.7 cm³/mol. The number of hydrogen-bond donors (Lipinski definition) is 0. The van der Waals surface area contributed by atoms with E-state index in [0.29, 0.717) is 12.2 Å². The van der Waals surface area contributed by atoms with Crippen LogP contribution in [-0.4, -0.2) is 12.4 Å². The molecule has 1 aliphatic heterocycles. The monoisotopic (exact) mass is 98.0 g/mol. The van der Waals surface area contributed by atoms with E-state index in [1.165, 1.54) is 0 Å². The maximum Gasteiger partial charge on any atom is 0.177 e. The van der Waals surface area contributed by atoms with E-state index in [9.17, 15) is 4.79 Å². The summed E-state index contributed by atoms with van der Waals surface area (Å²) in [6.07, 6.45) is 0.417. The van der Waals surface area contributed by atoms with Crippen molar-refractivity contribution in [1.29, 1.82) is 0 Å². The Hall–Kier alpha value is -0.790. The van der Waals surface area contributed by atoms with Crippen LogP contribution in [0.2, 0.25) is 0 Å². The van der Waals surface area contributed by atoms with Gasteiger partial charge in [-0.3, -0.25) is 4.79 Å². The van der Waals surface area contributed by atoms with Gasteiger partial charge >= 0.3 is 0 Å². The van der Waals surface area contributed by atoms with Crippen molar-refractivity contribution in [2.45, 2.75) is 6.42 Å². The van der Waals surface area contributed by atoms with Crippen LogP contribution in [0.3, 0.4) is 0 Å². The van der Waals surface area contributed by atoms with Gasteiger partial charge in [-0.15, -0.1) is 0 Å². The summed E-state index contributed by atoms with van der Waals surface area (Å²) in [4.78, 5) is 10.3. The summed E-state index contributed by atoms with van der Waals surface area (Å²) in [6.45, 7) is 3.70. The minimum absolute atomic E-state index is 0.130. The Labute approximate surface area is 41.8 Å². The van der Waals surface area contributed by atoms with Crippen LogP contribution in [0, 0.1) is 0 Å². The van der Waals surface area contributed by atoms with Gasteiger partial charge in [0.05, 0.1) is 12.2 Å². The Morgan fingerprint density at radius 3 is 2.57 bits per heavy atom. The molecule has 0 N–H and O–H groups in total. The first-order valence-electron chi connectivity index (χ1n) is 2.11. The average molecular weight is 98.1 g/mol. The molecule has 1 heterocycles. The van der Waals surface area contributed by atoms with Gasteiger partial charge in [0, 0.05) is 0 Å². The Kier molecular flexibility index (Phi) is 0.855. The molecule has 38 valence electrons. The summed E-state index contributed by atoms with van der Waals surface area (Å²) in [5.41, 5.74) is 0. The van der Waals surface area contributed by atoms with E-state index < -0.39 is 0 Å². The van der Waals surface area contributed by atoms with Crippen molar-refractivity contribution in [2.75, 3.05) is 6.61 Å². The van der Waals surface area contributed by atoms with Gasteiger partial charge in [0.25, 0.3) is 0 Å². The Balaban J connectivity index is 2.55. The Morgan fingerprint density at radius 2 is 2.43 bits per heavy atom. The molecule has 0 bridgehead atoms. The third-order valence-electron chi connectivity index (χ3n) is 0.832. The van der Waals surface area contributed by atoms with Crippen molar-refractivity contribution in [3.05, 3.63) is 12.3 Å². The van der Waals surface area contributed by atoms with Crippen LogP contribution in [0.25, 0.3) is 0 Å². The number of carbonyl (C=O) groups is 1. The first-order valence-corrected chi connectivity index (χ1v) is 2.11. The summed E-state index contributed by atoms with van der Waals surface area (Å²) in [6, 6.07) is 0. The van der Waals surface area contributed by atoms with E-state index in [4.69, 9.17) is 4.74 Å². The van der Waals surface area contributed by atoms with E-state index in [0.717, 1.165) is 0 Å². The van der Waals surface area contributed by atoms with Gasteiger partial charge in [-0.2, -0.15) is 0 Å². The lowest BCUT2D eigenvalue weighted by molar-refractivity contribution is -0.117. The fourth-order valence-corrected chi connectivity index (χ4v) is 0.505. The minimum Gasteiger partial charge on any atom is -0.490 e. The van der Waals surface area contributed by atoms with Crippen molar-refractivity contribution in [3.8, 4) is 0 Å². The SMILES string of the molecule is C=C1CC(=O)CO1. The molecular formula is C5H6O2. The third-order valence-corrected chi connectivity index (χ3v) is 0.832. The lowest BCUT2D eigenvalue weighted by Gasteiger charge is -1.86. The van der Waals surface area contributed by atoms with E-state index >= 15 is 0 Å². The molecule has 2 heteroatoms. The molecular weight excluding hydrogens is 92.1 g/mol. The highest BCUT2D eigenvalue weighted by Crippen LogP contribution is 2.08. The summed E-state index contributed by atoms with van der Waals surface area (Å²) < 4.78 is 4.72. The van der Waals surface area contributed by atoms with Crippen LogP contribution in [0.5, 0.6) is 0 Å². The lowest BCUT2D eigenvalue weighted by atomic mass is 10.3. The van der Waals surface area contributed by atoms with Crippen LogP contribution in [0.1, 0.15) is 6.42 Å². The number of rotatable bonds is 0. The molecule has 1 aliphatic rings. The molecule has 0 saturated carbocycles. The standard InChI is InChI=1S/C5H6O2/c1-4-2-5(6)3-7-4/h1-3H2. The number of ketones is 1. The number of carbonyl (C=O) groups excluding carboxylic acids is 1. The van der Waals surface area contributed by atoms with Crippen molar-refractivity contribution < 1.29 is 9.53 Å². The molecule has 0 spiro atoms. The Morgan fingerprint density at radius 1 is 1.71 bits per heavy atom. The van der Waals surface area contributed by atoms with Gasteiger partial charge in [0.1, 0.15) is 6.61 Å². The van der Waals surface area contributed by atoms with Crippen molar-refractivity contribution in [2.24, 2.45) is 0 Å². The van der Waals surface area contributed by atoms with Gasteiger partial charge in [0.2, 0.25) is 0 Å². The first-order chi connectivity index (χ1) is 3.29. The quantitative estimate of drug-likeness (QED) is 0.440. The molecule has 0 atom stereocenters. The fourth-order valence-electron chi connectivity index (χ4n) is 0.505. The molecule has 1 saturated heterocycles. The van der Waals surface area contributed by atoms with Gasteiger partial charge in [-0.1, -0.05) is 6.58 Å². The van der Waals surface area contributed by atoms with Crippen molar-refractivity contribution in [3.63, 3.8) is 0 Å². The van der Waals surface area contributed by atoms with E-state index in [-0.39, 0.29) is 12.4 Å². The smallest absolute Gasteiger partial charge is 0.177 e. The molecule has 0 aromatic rings. The molecule has 2 nitrogen and oxygen atoms in total. The zero-order valence-corrected chi connectivity index (χ0v) is 3.94. The van der Waals surface area contributed by atoms with E-state index in [1.54, 1.807) is 0 Å². The summed E-state index contributed by atoms with van der Waals surface area (Å²) >= 11 is 0. The third kappa shape index (κ3) is 0.796. The van der Waals surface area contributed by atoms with Crippen LogP contribution < -0.4 is 0 Å². The van der Waals surface area contributed by atoms with Crippen LogP contribution in [0.4, 0.5) is 0 Å². The number of Topliss-reactive ketones (excluding diaryl/α,β-unsaturated/α-hetero) is 1. The summed E-state index contributed by atoms with van der Waals surface area (Å²) in [5.74, 6) is 0.731. The van der Waals surface area contributed by atoms with Crippen LogP contribution in [-0.2, 0) is 9.53 Å². The van der Waals surface area contributed by atoms with Gasteiger partial charge < -0.3 is 4.74 Å². The molecule has 0 aliphatic carbocycles. The first kappa shape index (κ1) is 4.37. The normalized spacial score (nSPS) is 20.0. The number of hydrogen-bond acceptors (Lipinski definition) is 2. The maximum atomic E-state index is 10.3. The predicted octanol–water partition coefficient (Wildman–Crippen LogP) is 0.489. The average Bonchev–Trinajstić information content (AvgIpc) is 1.87. The molecule has 0 amide bonds. The number of ether oxygens (including phenoxy) is 1. The van der Waals surface area contributed by atoms with Gasteiger partial charge in [-0.05, 0) is 0 Å². The van der Waals surface area contributed by atoms with E-state index in [1.807, 2.05) is 0 Å². The topological polar surface area (TPSA) is 26.3 Å².